The van der Waals surface area contributed by atoms with Crippen molar-refractivity contribution in [2.24, 2.45) is 0 Å². The molecule has 0 radical (unpaired) electrons. The highest BCUT2D eigenvalue weighted by Gasteiger charge is 2.17. The molecular weight excluding hydrogens is 358 g/mol. The predicted molar refractivity (Wildman–Crippen MR) is 106 cm³/mol. The number of carbonyl (C=O) groups is 3. The number of rotatable bonds is 8. The molecule has 1 heterocycles. The number of nitrogens with zero attached hydrogens (tertiary/aromatic N) is 1. The van der Waals surface area contributed by atoms with Crippen LogP contribution in [0.15, 0.2) is 36.4 Å². The van der Waals surface area contributed by atoms with Crippen LogP contribution >= 0.6 is 0 Å². The van der Waals surface area contributed by atoms with Gasteiger partial charge in [0.15, 0.2) is 6.61 Å². The quantitative estimate of drug-likeness (QED) is 0.397. The lowest BCUT2D eigenvalue weighted by molar-refractivity contribution is -0.141. The molecule has 0 aliphatic carbocycles. The lowest BCUT2D eigenvalue weighted by atomic mass is 10.1. The van der Waals surface area contributed by atoms with E-state index < -0.39 is 5.97 Å². The van der Waals surface area contributed by atoms with E-state index >= 15 is 0 Å². The monoisotopic (exact) mass is 383 g/mol. The van der Waals surface area contributed by atoms with Crippen LogP contribution in [-0.4, -0.2) is 36.0 Å². The normalized spacial score (nSPS) is 10.9. The first-order chi connectivity index (χ1) is 13.3. The van der Waals surface area contributed by atoms with Gasteiger partial charge in [0.05, 0.1) is 13.5 Å². The number of hydrogen-bond acceptors (Lipinski definition) is 5. The van der Waals surface area contributed by atoms with Crippen molar-refractivity contribution in [3.8, 4) is 0 Å². The number of methoxy groups -OCH3 is 1. The van der Waals surface area contributed by atoms with Gasteiger partial charge in [-0.05, 0) is 38.5 Å². The molecule has 0 saturated heterocycles. The summed E-state index contributed by atoms with van der Waals surface area (Å²) in [5.41, 5.74) is 4.05. The number of Topliss-reactive ketones (excluding diaryl/α,β-unsaturated/α-hetero) is 1. The minimum atomic E-state index is -0.575. The average Bonchev–Trinajstić information content (AvgIpc) is 2.96. The van der Waals surface area contributed by atoms with E-state index in [0.717, 1.165) is 22.5 Å². The fourth-order valence-electron chi connectivity index (χ4n) is 2.93. The van der Waals surface area contributed by atoms with E-state index in [1.165, 1.54) is 13.2 Å². The maximum absolute atomic E-state index is 12.4. The molecule has 1 aromatic carbocycles. The second kappa shape index (κ2) is 9.69. The zero-order chi connectivity index (χ0) is 20.7. The Labute approximate surface area is 164 Å². The van der Waals surface area contributed by atoms with Gasteiger partial charge in [0.25, 0.3) is 0 Å². The number of esters is 2. The molecule has 148 valence electrons. The van der Waals surface area contributed by atoms with Crippen LogP contribution in [0.4, 0.5) is 0 Å². The second-order valence-electron chi connectivity index (χ2n) is 6.54. The van der Waals surface area contributed by atoms with Gasteiger partial charge in [0.2, 0.25) is 5.78 Å². The molecule has 0 atom stereocenters. The summed E-state index contributed by atoms with van der Waals surface area (Å²) in [6.07, 6.45) is 3.18. The molecule has 6 nitrogen and oxygen atoms in total. The topological polar surface area (TPSA) is 74.6 Å². The smallest absolute Gasteiger partial charge is 0.331 e. The third kappa shape index (κ3) is 5.67. The Kier molecular flexibility index (Phi) is 7.32. The molecule has 0 spiro atoms. The van der Waals surface area contributed by atoms with Gasteiger partial charge in [-0.1, -0.05) is 29.8 Å². The molecule has 0 aliphatic rings. The van der Waals surface area contributed by atoms with Crippen LogP contribution in [0.3, 0.4) is 0 Å². The molecule has 6 heteroatoms. The van der Waals surface area contributed by atoms with Crippen molar-refractivity contribution in [2.45, 2.75) is 33.7 Å². The van der Waals surface area contributed by atoms with E-state index in [-0.39, 0.29) is 24.8 Å². The van der Waals surface area contributed by atoms with Crippen molar-refractivity contribution in [1.29, 1.82) is 0 Å². The minimum Gasteiger partial charge on any atom is -0.469 e. The van der Waals surface area contributed by atoms with Gasteiger partial charge in [-0.15, -0.1) is 0 Å². The number of hydrogen-bond donors (Lipinski definition) is 0. The summed E-state index contributed by atoms with van der Waals surface area (Å²) in [5.74, 6) is -1.17. The molecule has 0 saturated carbocycles. The number of aromatic nitrogens is 1. The van der Waals surface area contributed by atoms with Gasteiger partial charge in [-0.3, -0.25) is 9.59 Å². The molecule has 0 bridgehead atoms. The Morgan fingerprint density at radius 1 is 1.11 bits per heavy atom. The summed E-state index contributed by atoms with van der Waals surface area (Å²) in [6.45, 7) is 5.72. The second-order valence-corrected chi connectivity index (χ2v) is 6.54. The molecule has 0 unspecified atom stereocenters. The fourth-order valence-corrected chi connectivity index (χ4v) is 2.93. The largest absolute Gasteiger partial charge is 0.469 e. The van der Waals surface area contributed by atoms with E-state index in [9.17, 15) is 14.4 Å². The zero-order valence-electron chi connectivity index (χ0n) is 16.7. The standard InChI is InChI=1S/C22H25NO5/c1-15-6-5-7-18(12-15)8-9-22(26)28-14-20(24)19-13-16(2)23(17(19)3)11-10-21(25)27-4/h5-9,12-13H,10-11,14H2,1-4H3/b9-8+. The molecule has 28 heavy (non-hydrogen) atoms. The van der Waals surface area contributed by atoms with Crippen LogP contribution < -0.4 is 0 Å². The van der Waals surface area contributed by atoms with Crippen LogP contribution in [0.1, 0.15) is 39.3 Å². The predicted octanol–water partition coefficient (Wildman–Crippen LogP) is 3.42. The van der Waals surface area contributed by atoms with Gasteiger partial charge < -0.3 is 14.0 Å². The Morgan fingerprint density at radius 3 is 2.54 bits per heavy atom. The third-order valence-electron chi connectivity index (χ3n) is 4.44. The van der Waals surface area contributed by atoms with Crippen molar-refractivity contribution in [3.05, 3.63) is 64.5 Å². The van der Waals surface area contributed by atoms with Crippen LogP contribution in [0.25, 0.3) is 6.08 Å². The fraction of sp³-hybridized carbons (Fsp3) is 0.318. The molecule has 2 aromatic rings. The Bertz CT molecular complexity index is 908. The molecule has 0 fully saturated rings. The van der Waals surface area contributed by atoms with Crippen LogP contribution in [0.5, 0.6) is 0 Å². The molecule has 0 N–H and O–H groups in total. The summed E-state index contributed by atoms with van der Waals surface area (Å²) in [5, 5.41) is 0. The molecular formula is C22H25NO5. The van der Waals surface area contributed by atoms with Crippen molar-refractivity contribution >= 4 is 23.8 Å². The van der Waals surface area contributed by atoms with Gasteiger partial charge in [0, 0.05) is 29.6 Å². The van der Waals surface area contributed by atoms with E-state index in [4.69, 9.17) is 4.74 Å². The lowest BCUT2D eigenvalue weighted by Gasteiger charge is -2.09. The van der Waals surface area contributed by atoms with E-state index in [0.29, 0.717) is 12.1 Å². The molecule has 0 aliphatic heterocycles. The lowest BCUT2D eigenvalue weighted by Crippen LogP contribution is -2.14. The molecule has 0 amide bonds. The summed E-state index contributed by atoms with van der Waals surface area (Å²) in [7, 11) is 1.34. The SMILES string of the molecule is COC(=O)CCn1c(C)cc(C(=O)COC(=O)/C=C/c2cccc(C)c2)c1C. The highest BCUT2D eigenvalue weighted by Crippen LogP contribution is 2.17. The zero-order valence-corrected chi connectivity index (χ0v) is 16.7. The highest BCUT2D eigenvalue weighted by atomic mass is 16.5. The maximum atomic E-state index is 12.4. The summed E-state index contributed by atoms with van der Waals surface area (Å²) in [6, 6.07) is 9.43. The van der Waals surface area contributed by atoms with Crippen molar-refractivity contribution in [2.75, 3.05) is 13.7 Å². The van der Waals surface area contributed by atoms with Gasteiger partial charge in [-0.25, -0.2) is 4.79 Å². The van der Waals surface area contributed by atoms with E-state index in [1.54, 1.807) is 19.1 Å². The number of benzene rings is 1. The summed E-state index contributed by atoms with van der Waals surface area (Å²) in [4.78, 5) is 35.7. The Morgan fingerprint density at radius 2 is 1.86 bits per heavy atom. The maximum Gasteiger partial charge on any atom is 0.331 e. The number of carbonyl (C=O) groups excluding carboxylic acids is 3. The Hall–Kier alpha value is -3.15. The van der Waals surface area contributed by atoms with Crippen molar-refractivity contribution in [1.82, 2.24) is 4.57 Å². The first kappa shape index (κ1) is 21.2. The van der Waals surface area contributed by atoms with E-state index in [2.05, 4.69) is 4.74 Å². The summed E-state index contributed by atoms with van der Waals surface area (Å²) >= 11 is 0. The van der Waals surface area contributed by atoms with Gasteiger partial charge in [-0.2, -0.15) is 0 Å². The Balaban J connectivity index is 1.95. The number of ether oxygens (including phenoxy) is 2. The first-order valence-electron chi connectivity index (χ1n) is 9.00. The first-order valence-corrected chi connectivity index (χ1v) is 9.00. The minimum absolute atomic E-state index is 0.221. The van der Waals surface area contributed by atoms with Crippen LogP contribution in [0, 0.1) is 20.8 Å². The number of ketones is 1. The number of aryl methyl sites for hydroxylation is 2. The van der Waals surface area contributed by atoms with Crippen LogP contribution in [0.2, 0.25) is 0 Å². The average molecular weight is 383 g/mol. The van der Waals surface area contributed by atoms with Crippen molar-refractivity contribution in [3.63, 3.8) is 0 Å². The third-order valence-corrected chi connectivity index (χ3v) is 4.44. The van der Waals surface area contributed by atoms with Gasteiger partial charge >= 0.3 is 11.9 Å². The molecule has 2 rings (SSSR count). The van der Waals surface area contributed by atoms with Gasteiger partial charge in [0.1, 0.15) is 0 Å². The van der Waals surface area contributed by atoms with Crippen molar-refractivity contribution < 1.29 is 23.9 Å². The summed E-state index contributed by atoms with van der Waals surface area (Å²) < 4.78 is 11.6. The van der Waals surface area contributed by atoms with Crippen LogP contribution in [-0.2, 0) is 25.6 Å². The highest BCUT2D eigenvalue weighted by molar-refractivity contribution is 6.00. The van der Waals surface area contributed by atoms with E-state index in [1.807, 2.05) is 42.7 Å². The molecule has 1 aromatic heterocycles.